The minimum atomic E-state index is 0.0641. The fraction of sp³-hybridized carbons (Fsp3) is 0.500. The lowest BCUT2D eigenvalue weighted by Gasteiger charge is -2.27. The topological polar surface area (TPSA) is 61.7 Å². The van der Waals surface area contributed by atoms with Gasteiger partial charge in [-0.1, -0.05) is 36.4 Å². The van der Waals surface area contributed by atoms with Gasteiger partial charge in [0.2, 0.25) is 5.56 Å². The number of likely N-dealkylation sites (tertiary alicyclic amines) is 1. The van der Waals surface area contributed by atoms with Gasteiger partial charge >= 0.3 is 0 Å². The highest BCUT2D eigenvalue weighted by Crippen LogP contribution is 2.25. The summed E-state index contributed by atoms with van der Waals surface area (Å²) < 4.78 is 1.76. The quantitative estimate of drug-likeness (QED) is 0.360. The van der Waals surface area contributed by atoms with Crippen molar-refractivity contribution in [2.45, 2.75) is 45.2 Å². The number of pyridine rings is 1. The molecule has 1 saturated heterocycles. The van der Waals surface area contributed by atoms with Crippen molar-refractivity contribution in [2.75, 3.05) is 32.7 Å². The highest BCUT2D eigenvalue weighted by molar-refractivity contribution is 5.79. The SMILES string of the molecule is CCNC(=NCC(c1ccccc1)N1CCCC1)NCCCCn1ccccc1=O. The first-order chi connectivity index (χ1) is 14.8. The maximum atomic E-state index is 11.8. The van der Waals surface area contributed by atoms with Crippen LogP contribution in [-0.4, -0.2) is 48.2 Å². The number of aliphatic imine (C=N–C) groups is 1. The zero-order valence-corrected chi connectivity index (χ0v) is 18.1. The third-order valence-corrected chi connectivity index (χ3v) is 5.55. The van der Waals surface area contributed by atoms with Crippen LogP contribution in [0.3, 0.4) is 0 Å². The van der Waals surface area contributed by atoms with Crippen molar-refractivity contribution >= 4 is 5.96 Å². The van der Waals surface area contributed by atoms with Crippen LogP contribution in [0.15, 0.2) is 64.5 Å². The van der Waals surface area contributed by atoms with Crippen molar-refractivity contribution < 1.29 is 0 Å². The molecule has 3 rings (SSSR count). The van der Waals surface area contributed by atoms with Crippen molar-refractivity contribution in [1.29, 1.82) is 0 Å². The Morgan fingerprint density at radius 2 is 1.80 bits per heavy atom. The molecule has 1 aliphatic rings. The van der Waals surface area contributed by atoms with Crippen LogP contribution in [0.5, 0.6) is 0 Å². The molecule has 0 bridgehead atoms. The van der Waals surface area contributed by atoms with Crippen molar-refractivity contribution in [1.82, 2.24) is 20.1 Å². The Labute approximate surface area is 180 Å². The molecule has 1 aromatic carbocycles. The van der Waals surface area contributed by atoms with Gasteiger partial charge in [0.25, 0.3) is 0 Å². The Hall–Kier alpha value is -2.60. The molecule has 0 aliphatic carbocycles. The van der Waals surface area contributed by atoms with Gasteiger partial charge in [-0.2, -0.15) is 0 Å². The molecule has 1 aliphatic heterocycles. The molecule has 1 aromatic heterocycles. The van der Waals surface area contributed by atoms with Gasteiger partial charge in [-0.05, 0) is 57.3 Å². The monoisotopic (exact) mass is 409 g/mol. The molecule has 0 radical (unpaired) electrons. The summed E-state index contributed by atoms with van der Waals surface area (Å²) in [6, 6.07) is 16.3. The highest BCUT2D eigenvalue weighted by Gasteiger charge is 2.23. The van der Waals surface area contributed by atoms with Gasteiger partial charge in [-0.15, -0.1) is 0 Å². The second kappa shape index (κ2) is 12.2. The van der Waals surface area contributed by atoms with Gasteiger partial charge < -0.3 is 15.2 Å². The van der Waals surface area contributed by atoms with Crippen LogP contribution in [0.25, 0.3) is 0 Å². The Morgan fingerprint density at radius 3 is 2.53 bits per heavy atom. The average molecular weight is 410 g/mol. The summed E-state index contributed by atoms with van der Waals surface area (Å²) in [5.41, 5.74) is 1.40. The van der Waals surface area contributed by atoms with Crippen LogP contribution in [-0.2, 0) is 6.54 Å². The second-order valence-electron chi connectivity index (χ2n) is 7.76. The summed E-state index contributed by atoms with van der Waals surface area (Å²) >= 11 is 0. The number of rotatable bonds is 10. The van der Waals surface area contributed by atoms with Crippen LogP contribution < -0.4 is 16.2 Å². The summed E-state index contributed by atoms with van der Waals surface area (Å²) in [6.07, 6.45) is 6.34. The summed E-state index contributed by atoms with van der Waals surface area (Å²) in [6.45, 7) is 7.57. The highest BCUT2D eigenvalue weighted by atomic mass is 16.1. The van der Waals surface area contributed by atoms with E-state index in [4.69, 9.17) is 4.99 Å². The predicted molar refractivity (Wildman–Crippen MR) is 124 cm³/mol. The number of hydrogen-bond acceptors (Lipinski definition) is 3. The lowest BCUT2D eigenvalue weighted by Crippen LogP contribution is -2.39. The molecule has 0 spiro atoms. The van der Waals surface area contributed by atoms with E-state index >= 15 is 0 Å². The van der Waals surface area contributed by atoms with E-state index in [0.29, 0.717) is 6.04 Å². The molecule has 2 aromatic rings. The summed E-state index contributed by atoms with van der Waals surface area (Å²) in [4.78, 5) is 19.2. The lowest BCUT2D eigenvalue weighted by molar-refractivity contribution is 0.251. The van der Waals surface area contributed by atoms with Crippen LogP contribution in [0.2, 0.25) is 0 Å². The minimum absolute atomic E-state index is 0.0641. The number of nitrogens with one attached hydrogen (secondary N) is 2. The van der Waals surface area contributed by atoms with Crippen molar-refractivity contribution in [3.8, 4) is 0 Å². The zero-order chi connectivity index (χ0) is 21.0. The van der Waals surface area contributed by atoms with Crippen molar-refractivity contribution in [3.05, 3.63) is 70.6 Å². The van der Waals surface area contributed by atoms with Gasteiger partial charge in [-0.25, -0.2) is 0 Å². The van der Waals surface area contributed by atoms with E-state index in [2.05, 4.69) is 52.8 Å². The van der Waals surface area contributed by atoms with E-state index in [1.54, 1.807) is 16.7 Å². The molecule has 0 amide bonds. The van der Waals surface area contributed by atoms with Crippen LogP contribution in [0.4, 0.5) is 0 Å². The maximum absolute atomic E-state index is 11.8. The summed E-state index contributed by atoms with van der Waals surface area (Å²) in [5, 5.41) is 6.81. The number of unbranched alkanes of at least 4 members (excludes halogenated alkanes) is 1. The first-order valence-corrected chi connectivity index (χ1v) is 11.2. The fourth-order valence-electron chi connectivity index (χ4n) is 3.94. The largest absolute Gasteiger partial charge is 0.357 e. The van der Waals surface area contributed by atoms with E-state index in [1.165, 1.54) is 18.4 Å². The second-order valence-corrected chi connectivity index (χ2v) is 7.76. The van der Waals surface area contributed by atoms with Crippen LogP contribution in [0, 0.1) is 0 Å². The van der Waals surface area contributed by atoms with E-state index < -0.39 is 0 Å². The molecule has 162 valence electrons. The standard InChI is InChI=1S/C24H35N5O/c1-2-25-24(26-15-7-9-19-29-18-8-6-14-23(29)30)27-20-22(28-16-10-11-17-28)21-12-4-3-5-13-21/h3-6,8,12-14,18,22H,2,7,9-11,15-17,19-20H2,1H3,(H2,25,26,27). The Morgan fingerprint density at radius 1 is 1.03 bits per heavy atom. The smallest absolute Gasteiger partial charge is 0.250 e. The Bertz CT molecular complexity index is 827. The van der Waals surface area contributed by atoms with Gasteiger partial charge in [0, 0.05) is 31.9 Å². The molecule has 1 atom stereocenters. The number of aryl methyl sites for hydroxylation is 1. The number of benzene rings is 1. The van der Waals surface area contributed by atoms with E-state index in [-0.39, 0.29) is 5.56 Å². The molecular formula is C24H35N5O. The first-order valence-electron chi connectivity index (χ1n) is 11.2. The van der Waals surface area contributed by atoms with E-state index in [0.717, 1.165) is 58.1 Å². The number of nitrogens with zero attached hydrogens (tertiary/aromatic N) is 3. The fourth-order valence-corrected chi connectivity index (χ4v) is 3.94. The Kier molecular flexibility index (Phi) is 8.97. The lowest BCUT2D eigenvalue weighted by atomic mass is 10.1. The predicted octanol–water partition coefficient (Wildman–Crippen LogP) is 3.02. The van der Waals surface area contributed by atoms with Crippen molar-refractivity contribution in [3.63, 3.8) is 0 Å². The third-order valence-electron chi connectivity index (χ3n) is 5.55. The van der Waals surface area contributed by atoms with Crippen molar-refractivity contribution in [2.24, 2.45) is 4.99 Å². The third kappa shape index (κ3) is 6.73. The van der Waals surface area contributed by atoms with E-state index in [1.807, 2.05) is 12.3 Å². The maximum Gasteiger partial charge on any atom is 0.250 e. The zero-order valence-electron chi connectivity index (χ0n) is 18.1. The van der Waals surface area contributed by atoms with Gasteiger partial charge in [0.1, 0.15) is 0 Å². The molecule has 1 unspecified atom stereocenters. The Balaban J connectivity index is 1.52. The molecule has 2 heterocycles. The summed E-state index contributed by atoms with van der Waals surface area (Å²) in [5.74, 6) is 0.870. The molecule has 6 nitrogen and oxygen atoms in total. The molecule has 30 heavy (non-hydrogen) atoms. The molecule has 0 saturated carbocycles. The number of hydrogen-bond donors (Lipinski definition) is 2. The van der Waals surface area contributed by atoms with E-state index in [9.17, 15) is 4.79 Å². The molecule has 2 N–H and O–H groups in total. The van der Waals surface area contributed by atoms with Crippen LogP contribution >= 0.6 is 0 Å². The molecule has 6 heteroatoms. The average Bonchev–Trinajstić information content (AvgIpc) is 3.30. The summed E-state index contributed by atoms with van der Waals surface area (Å²) in [7, 11) is 0. The number of aromatic nitrogens is 1. The molecular weight excluding hydrogens is 374 g/mol. The minimum Gasteiger partial charge on any atom is -0.357 e. The first kappa shape index (κ1) is 22.1. The van der Waals surface area contributed by atoms with Gasteiger partial charge in [0.05, 0.1) is 12.6 Å². The number of guanidine groups is 1. The molecule has 1 fully saturated rings. The normalized spacial score (nSPS) is 15.8. The van der Waals surface area contributed by atoms with Gasteiger partial charge in [-0.3, -0.25) is 14.7 Å². The van der Waals surface area contributed by atoms with Gasteiger partial charge in [0.15, 0.2) is 5.96 Å². The van der Waals surface area contributed by atoms with Crippen LogP contribution in [0.1, 0.15) is 44.2 Å².